The van der Waals surface area contributed by atoms with Gasteiger partial charge in [-0.15, -0.1) is 0 Å². The molecule has 0 aliphatic rings. The van der Waals surface area contributed by atoms with Gasteiger partial charge in [0.05, 0.1) is 11.4 Å². The third-order valence-electron chi connectivity index (χ3n) is 4.48. The third kappa shape index (κ3) is 4.46. The Morgan fingerprint density at radius 1 is 0.643 bits per heavy atom. The second-order valence-corrected chi connectivity index (χ2v) is 7.08. The fourth-order valence-corrected chi connectivity index (χ4v) is 3.12. The quantitative estimate of drug-likeness (QED) is 0.566. The molecule has 3 rings (SSSR count). The Morgan fingerprint density at radius 3 is 1.50 bits per heavy atom. The maximum Gasteiger partial charge on any atom is 0.127 e. The molecular weight excluding hydrogens is 348 g/mol. The van der Waals surface area contributed by atoms with Crippen molar-refractivity contribution in [3.8, 4) is 11.5 Å². The molecule has 0 aliphatic heterocycles. The number of aryl methyl sites for hydroxylation is 4. The molecule has 2 N–H and O–H groups in total. The molecule has 3 aromatic carbocycles. The van der Waals surface area contributed by atoms with Gasteiger partial charge in [-0.2, -0.15) is 0 Å². The summed E-state index contributed by atoms with van der Waals surface area (Å²) in [6.45, 7) is 7.72. The van der Waals surface area contributed by atoms with E-state index in [0.29, 0.717) is 11.1 Å². The van der Waals surface area contributed by atoms with E-state index in [-0.39, 0.29) is 11.5 Å². The highest BCUT2D eigenvalue weighted by Crippen LogP contribution is 2.26. The zero-order chi connectivity index (χ0) is 20.3. The molecule has 0 aromatic heterocycles. The largest absolute Gasteiger partial charge is 0.507 e. The number of phenols is 2. The molecule has 0 heterocycles. The highest BCUT2D eigenvalue weighted by molar-refractivity contribution is 5.88. The lowest BCUT2D eigenvalue weighted by Gasteiger charge is -2.05. The smallest absolute Gasteiger partial charge is 0.127 e. The summed E-state index contributed by atoms with van der Waals surface area (Å²) in [4.78, 5) is 8.95. The molecule has 0 saturated carbocycles. The minimum absolute atomic E-state index is 0.244. The molecule has 0 bridgehead atoms. The molecule has 4 heteroatoms. The number of hydrogen-bond acceptors (Lipinski definition) is 4. The van der Waals surface area contributed by atoms with Gasteiger partial charge in [-0.05, 0) is 80.3 Å². The number of aromatic hydroxyl groups is 2. The molecule has 142 valence electrons. The van der Waals surface area contributed by atoms with Gasteiger partial charge in [-0.25, -0.2) is 0 Å². The summed E-state index contributed by atoms with van der Waals surface area (Å²) in [7, 11) is 0. The van der Waals surface area contributed by atoms with Crippen molar-refractivity contribution in [2.24, 2.45) is 9.98 Å². The fourth-order valence-electron chi connectivity index (χ4n) is 3.12. The molecule has 0 amide bonds. The lowest BCUT2D eigenvalue weighted by atomic mass is 10.1. The van der Waals surface area contributed by atoms with Crippen LogP contribution in [0.3, 0.4) is 0 Å². The Balaban J connectivity index is 1.85. The van der Waals surface area contributed by atoms with Crippen LogP contribution in [0.4, 0.5) is 11.4 Å². The summed E-state index contributed by atoms with van der Waals surface area (Å²) in [5.41, 5.74) is 6.64. The van der Waals surface area contributed by atoms with Crippen LogP contribution in [-0.2, 0) is 0 Å². The molecule has 0 radical (unpaired) electrons. The molecule has 0 spiro atoms. The van der Waals surface area contributed by atoms with Crippen LogP contribution in [0.15, 0.2) is 58.5 Å². The van der Waals surface area contributed by atoms with E-state index in [1.807, 2.05) is 76.2 Å². The van der Waals surface area contributed by atoms with Crippen molar-refractivity contribution < 1.29 is 10.2 Å². The summed E-state index contributed by atoms with van der Waals surface area (Å²) < 4.78 is 0. The Morgan fingerprint density at radius 2 is 1.07 bits per heavy atom. The van der Waals surface area contributed by atoms with E-state index in [9.17, 15) is 10.2 Å². The lowest BCUT2D eigenvalue weighted by Crippen LogP contribution is -1.88. The predicted octanol–water partition coefficient (Wildman–Crippen LogP) is 5.83. The normalized spacial score (nSPS) is 11.6. The molecule has 0 saturated heterocycles. The van der Waals surface area contributed by atoms with Gasteiger partial charge in [-0.3, -0.25) is 9.98 Å². The van der Waals surface area contributed by atoms with Crippen molar-refractivity contribution in [1.82, 2.24) is 0 Å². The zero-order valence-electron chi connectivity index (χ0n) is 16.6. The third-order valence-corrected chi connectivity index (χ3v) is 4.48. The van der Waals surface area contributed by atoms with Gasteiger partial charge in [0, 0.05) is 23.6 Å². The summed E-state index contributed by atoms with van der Waals surface area (Å²) in [6, 6.07) is 15.2. The maximum absolute atomic E-state index is 10.2. The first-order valence-corrected chi connectivity index (χ1v) is 9.12. The second-order valence-electron chi connectivity index (χ2n) is 7.08. The molecule has 3 aromatic rings. The highest BCUT2D eigenvalue weighted by atomic mass is 16.3. The van der Waals surface area contributed by atoms with Gasteiger partial charge in [0.15, 0.2) is 0 Å². The predicted molar refractivity (Wildman–Crippen MR) is 116 cm³/mol. The van der Waals surface area contributed by atoms with Gasteiger partial charge in [0.25, 0.3) is 0 Å². The zero-order valence-corrected chi connectivity index (χ0v) is 16.6. The number of nitrogens with zero attached hydrogens (tertiary/aromatic N) is 2. The summed E-state index contributed by atoms with van der Waals surface area (Å²) in [5, 5.41) is 20.4. The van der Waals surface area contributed by atoms with Gasteiger partial charge >= 0.3 is 0 Å². The van der Waals surface area contributed by atoms with Crippen LogP contribution < -0.4 is 0 Å². The number of aliphatic imine (C=N–C) groups is 2. The molecule has 4 nitrogen and oxygen atoms in total. The van der Waals surface area contributed by atoms with Crippen molar-refractivity contribution in [1.29, 1.82) is 0 Å². The van der Waals surface area contributed by atoms with Gasteiger partial charge in [0.1, 0.15) is 11.5 Å². The molecule has 0 unspecified atom stereocenters. The summed E-state index contributed by atoms with van der Waals surface area (Å²) >= 11 is 0. The number of rotatable bonds is 4. The van der Waals surface area contributed by atoms with E-state index in [0.717, 1.165) is 33.6 Å². The van der Waals surface area contributed by atoms with Crippen LogP contribution in [-0.4, -0.2) is 22.6 Å². The Kier molecular flexibility index (Phi) is 5.59. The van der Waals surface area contributed by atoms with E-state index < -0.39 is 0 Å². The van der Waals surface area contributed by atoms with Gasteiger partial charge in [0.2, 0.25) is 0 Å². The molecular formula is C24H24N2O2. The first-order chi connectivity index (χ1) is 13.3. The minimum atomic E-state index is 0.244. The Hall–Kier alpha value is -3.40. The lowest BCUT2D eigenvalue weighted by molar-refractivity contribution is 0.469. The van der Waals surface area contributed by atoms with Crippen molar-refractivity contribution in [3.05, 3.63) is 81.9 Å². The Labute approximate surface area is 165 Å². The molecule has 28 heavy (non-hydrogen) atoms. The van der Waals surface area contributed by atoms with Crippen LogP contribution in [0.2, 0.25) is 0 Å². The number of phenolic OH excluding ortho intramolecular Hbond substituents is 2. The summed E-state index contributed by atoms with van der Waals surface area (Å²) in [6.07, 6.45) is 3.32. The monoisotopic (exact) mass is 372 g/mol. The maximum atomic E-state index is 10.2. The van der Waals surface area contributed by atoms with Crippen LogP contribution in [0, 0.1) is 27.7 Å². The van der Waals surface area contributed by atoms with Crippen molar-refractivity contribution >= 4 is 23.8 Å². The van der Waals surface area contributed by atoms with Crippen LogP contribution >= 0.6 is 0 Å². The van der Waals surface area contributed by atoms with E-state index >= 15 is 0 Å². The number of hydrogen-bond donors (Lipinski definition) is 2. The number of benzene rings is 3. The van der Waals surface area contributed by atoms with Crippen molar-refractivity contribution in [2.75, 3.05) is 0 Å². The van der Waals surface area contributed by atoms with E-state index in [1.165, 1.54) is 0 Å². The highest BCUT2D eigenvalue weighted by Gasteiger charge is 2.04. The van der Waals surface area contributed by atoms with E-state index in [4.69, 9.17) is 0 Å². The van der Waals surface area contributed by atoms with Gasteiger partial charge < -0.3 is 10.2 Å². The molecule has 0 atom stereocenters. The van der Waals surface area contributed by atoms with Crippen molar-refractivity contribution in [3.63, 3.8) is 0 Å². The Bertz CT molecular complexity index is 999. The van der Waals surface area contributed by atoms with E-state index in [1.54, 1.807) is 12.4 Å². The van der Waals surface area contributed by atoms with Crippen LogP contribution in [0.5, 0.6) is 11.5 Å². The van der Waals surface area contributed by atoms with E-state index in [2.05, 4.69) is 9.98 Å². The fraction of sp³-hybridized carbons (Fsp3) is 0.167. The first kappa shape index (κ1) is 19.4. The second kappa shape index (κ2) is 8.09. The SMILES string of the molecule is Cc1cc(C)c(O)c(C=Nc2cccc(N=Cc3cc(C)cc(C)c3O)c2)c1. The first-order valence-electron chi connectivity index (χ1n) is 9.12. The average molecular weight is 372 g/mol. The molecule has 0 fully saturated rings. The van der Waals surface area contributed by atoms with Gasteiger partial charge in [-0.1, -0.05) is 18.2 Å². The standard InChI is InChI=1S/C24H24N2O2/c1-15-8-17(3)23(27)19(10-15)13-25-21-6-5-7-22(12-21)26-14-20-11-16(2)9-18(4)24(20)28/h5-14,27-28H,1-4H3. The molecule has 0 aliphatic carbocycles. The van der Waals surface area contributed by atoms with Crippen LogP contribution in [0.25, 0.3) is 0 Å². The average Bonchev–Trinajstić information content (AvgIpc) is 2.65. The summed E-state index contributed by atoms with van der Waals surface area (Å²) in [5.74, 6) is 0.489. The topological polar surface area (TPSA) is 65.2 Å². The minimum Gasteiger partial charge on any atom is -0.507 e. The van der Waals surface area contributed by atoms with Crippen LogP contribution in [0.1, 0.15) is 33.4 Å². The van der Waals surface area contributed by atoms with Crippen molar-refractivity contribution in [2.45, 2.75) is 27.7 Å².